The lowest BCUT2D eigenvalue weighted by atomic mass is 9.92. The van der Waals surface area contributed by atoms with E-state index in [1.807, 2.05) is 51.1 Å². The molecule has 5 saturated heterocycles. The number of aliphatic imine (C=N–C) groups is 1. The molecule has 11 heterocycles. The van der Waals surface area contributed by atoms with Gasteiger partial charge in [-0.15, -0.1) is 0 Å². The van der Waals surface area contributed by atoms with Gasteiger partial charge in [0.1, 0.15) is 28.2 Å². The molecular weight excluding hydrogens is 1370 g/mol. The second-order valence-corrected chi connectivity index (χ2v) is 26.0. The van der Waals surface area contributed by atoms with Gasteiger partial charge in [-0.3, -0.25) is 24.8 Å². The summed E-state index contributed by atoms with van der Waals surface area (Å²) < 4.78 is 35.7. The van der Waals surface area contributed by atoms with Crippen LogP contribution >= 0.6 is 44.7 Å². The number of Topliss-reactive ketones (excluding diaryl/α,β-unsaturated/α-hetero) is 1. The van der Waals surface area contributed by atoms with Crippen LogP contribution < -0.4 is 38.5 Å². The van der Waals surface area contributed by atoms with Crippen LogP contribution in [0.4, 0.5) is 34.0 Å². The van der Waals surface area contributed by atoms with E-state index in [1.54, 1.807) is 24.5 Å². The van der Waals surface area contributed by atoms with Crippen LogP contribution in [0.5, 0.6) is 0 Å². The number of carbonyl (C=O) groups excluding carboxylic acids is 3. The van der Waals surface area contributed by atoms with E-state index in [2.05, 4.69) is 81.3 Å². The van der Waals surface area contributed by atoms with Crippen molar-refractivity contribution in [3.05, 3.63) is 87.7 Å². The van der Waals surface area contributed by atoms with Gasteiger partial charge in [-0.05, 0) is 157 Å². The van der Waals surface area contributed by atoms with Crippen molar-refractivity contribution in [3.63, 3.8) is 0 Å². The second-order valence-electron chi connectivity index (χ2n) is 24.9. The molecule has 14 N–H and O–H groups in total. The highest BCUT2D eigenvalue weighted by Gasteiger charge is 2.27. The van der Waals surface area contributed by atoms with Crippen molar-refractivity contribution in [1.82, 2.24) is 55.6 Å². The number of methoxy groups -OCH3 is 1. The number of hydrogen-bond acceptors (Lipinski definition) is 26. The maximum Gasteiger partial charge on any atom is 0.407 e. The summed E-state index contributed by atoms with van der Waals surface area (Å²) in [7, 11) is 1.40. The molecule has 6 atom stereocenters. The number of alkyl carbamates (subject to hydrolysis) is 1. The molecular formula is C66H105Cl3N19O11P. The van der Waals surface area contributed by atoms with Crippen molar-refractivity contribution in [2.75, 3.05) is 95.7 Å². The zero-order valence-electron chi connectivity index (χ0n) is 56.2. The van der Waals surface area contributed by atoms with Crippen LogP contribution in [0.3, 0.4) is 0 Å². The number of nitrogens with one attached hydrogen (secondary N) is 6. The van der Waals surface area contributed by atoms with Crippen LogP contribution in [0.1, 0.15) is 149 Å². The van der Waals surface area contributed by atoms with E-state index in [0.717, 1.165) is 153 Å². The first-order valence-corrected chi connectivity index (χ1v) is 33.6. The van der Waals surface area contributed by atoms with Gasteiger partial charge in [0.05, 0.1) is 65.1 Å². The fourth-order valence-electron chi connectivity index (χ4n) is 10.9. The number of nitrogens with zero attached hydrogens (tertiary/aromatic N) is 10. The largest absolute Gasteiger partial charge is 0.469 e. The van der Waals surface area contributed by atoms with Gasteiger partial charge >= 0.3 is 12.1 Å². The normalized spacial score (nSPS) is 23.0. The third kappa shape index (κ3) is 32.4. The molecule has 30 nitrogen and oxygen atoms in total. The topological polar surface area (TPSA) is 444 Å². The highest BCUT2D eigenvalue weighted by atomic mass is 35.5. The van der Waals surface area contributed by atoms with Crippen LogP contribution in [0, 0.1) is 29.1 Å². The standard InChI is InChI=1S/C17H25N7O.C11H12ClN5O.C11H22N2O2.C8H12N2O.C7H9NO2.C6H10O3.C4H2Cl2N2.2CH4.H2O.H3P/c18-12-1-3-13(4-2-12)20-17-19-7-5-15(22-17)21-16-9-14(23-24-16)11-6-8-25-10-11;12-11-13-3-1-9(15-11)14-10-5-8(16-17-10)7-2-4-18-6-7;1-11(2,3)15-10(14)13-9-6-4-8(12)5-7-9;9-8-3-7(4-10-8)6-1-2-11-5-6;8-3-1-7(9)6-2-4-10-5-6;1-8-6(7)5-2-3-9-4-5;5-3-1-2-7-4(6)8-3;;;;/h5,7,9,11-13H,1-4,6,8,10,18H2,(H3,19,20,21,22,23,24);1,3,5,7H,2,4,6H2,(H2,13,14,15,16,17);8-9H,4-7,12H2,1-3H3,(H,13,14);3,6H,1-2,4-5H2,(H2,9,10);6H,1-2,4-5H2;5H,2-4H2,1H3;1-2H;2*1H4;1H2;1H3. The number of carbonyl (C=O) groups is 3. The number of esters is 1. The highest BCUT2D eigenvalue weighted by Crippen LogP contribution is 2.29. The van der Waals surface area contributed by atoms with Crippen LogP contribution in [0.2, 0.25) is 15.7 Å². The fraction of sp³-hybridized carbons (Fsp3) is 0.621. The quantitative estimate of drug-likeness (QED) is 0.0229. The highest BCUT2D eigenvalue weighted by molar-refractivity contribution is 6.92. The lowest BCUT2D eigenvalue weighted by Gasteiger charge is -2.28. The summed E-state index contributed by atoms with van der Waals surface area (Å²) in [6.45, 7) is 13.7. The SMILES string of the molecule is C.C.CC(C)(C)OC(=O)NC1CCC(N)CC1.COC(=O)C1CCOC1.Clc1ccnc(Cl)n1.Clc1nccc(Nc2cc(C3CCOC3)[nH]n2)n1.N#CCC(=O)C1CCOC1.NC1=NCC(C2CCOC2)=C1.NC1CCC(Nc2nccc(Nc3cc(C4CCOC4)[nH]n3)n2)CC1.O.P. The number of amides is 1. The number of aromatic amines is 2. The Kier molecular flexibility index (Phi) is 40.7. The van der Waals surface area contributed by atoms with Crippen molar-refractivity contribution < 1.29 is 53.0 Å². The predicted molar refractivity (Wildman–Crippen MR) is 391 cm³/mol. The van der Waals surface area contributed by atoms with Crippen molar-refractivity contribution in [3.8, 4) is 6.07 Å². The van der Waals surface area contributed by atoms with Crippen LogP contribution in [0.15, 0.2) is 65.6 Å². The lowest BCUT2D eigenvalue weighted by molar-refractivity contribution is -0.145. The number of halogens is 3. The maximum absolute atomic E-state index is 11.4. The molecule has 0 radical (unpaired) electrons. The van der Waals surface area contributed by atoms with Crippen LogP contribution in [-0.2, 0) is 42.7 Å². The number of nitriles is 1. The summed E-state index contributed by atoms with van der Waals surface area (Å²) >= 11 is 16.5. The molecule has 5 aromatic heterocycles. The van der Waals surface area contributed by atoms with Crippen molar-refractivity contribution in [2.45, 2.75) is 167 Å². The third-order valence-electron chi connectivity index (χ3n) is 16.3. The average molecular weight is 1480 g/mol. The summed E-state index contributed by atoms with van der Waals surface area (Å²) in [6.07, 6.45) is 19.5. The number of ether oxygens (including phenoxy) is 7. The van der Waals surface area contributed by atoms with E-state index >= 15 is 0 Å². The van der Waals surface area contributed by atoms with Gasteiger partial charge in [0.25, 0.3) is 0 Å². The summed E-state index contributed by atoms with van der Waals surface area (Å²) in [5, 5.41) is 36.2. The van der Waals surface area contributed by atoms with Gasteiger partial charge < -0.3 is 77.1 Å². The first-order chi connectivity index (χ1) is 46.3. The maximum atomic E-state index is 11.4. The molecule has 2 saturated carbocycles. The summed E-state index contributed by atoms with van der Waals surface area (Å²) in [5.41, 5.74) is 20.4. The summed E-state index contributed by atoms with van der Waals surface area (Å²) in [5.74, 6) is 5.41. The third-order valence-corrected chi connectivity index (χ3v) is 16.8. The molecule has 6 aliphatic heterocycles. The Labute approximate surface area is 605 Å². The molecule has 1 amide bonds. The Morgan fingerprint density at radius 2 is 1.12 bits per heavy atom. The first kappa shape index (κ1) is 87.4. The smallest absolute Gasteiger partial charge is 0.407 e. The van der Waals surface area contributed by atoms with Gasteiger partial charge in [-0.2, -0.15) is 30.3 Å². The Bertz CT molecular complexity index is 3250. The molecule has 34 heteroatoms. The Morgan fingerprint density at radius 1 is 0.640 bits per heavy atom. The van der Waals surface area contributed by atoms with Gasteiger partial charge in [-0.1, -0.05) is 26.5 Å². The minimum atomic E-state index is -0.421. The van der Waals surface area contributed by atoms with Gasteiger partial charge in [0.2, 0.25) is 16.5 Å². The number of anilines is 5. The molecule has 5 aromatic rings. The Hall–Kier alpha value is -6.85. The molecule has 556 valence electrons. The van der Waals surface area contributed by atoms with E-state index in [9.17, 15) is 14.4 Å². The summed E-state index contributed by atoms with van der Waals surface area (Å²) in [4.78, 5) is 61.1. The van der Waals surface area contributed by atoms with Crippen molar-refractivity contribution in [2.24, 2.45) is 39.9 Å². The fourth-order valence-corrected chi connectivity index (χ4v) is 11.4. The van der Waals surface area contributed by atoms with Crippen LogP contribution in [-0.4, -0.2) is 189 Å². The number of ketones is 1. The van der Waals surface area contributed by atoms with Crippen molar-refractivity contribution >= 4 is 97.6 Å². The van der Waals surface area contributed by atoms with Crippen LogP contribution in [0.25, 0.3) is 0 Å². The zero-order chi connectivity index (χ0) is 68.7. The molecule has 8 aliphatic rings. The Morgan fingerprint density at radius 3 is 1.56 bits per heavy atom. The molecule has 0 aromatic carbocycles. The van der Waals surface area contributed by atoms with E-state index in [-0.39, 0.29) is 82.9 Å². The van der Waals surface area contributed by atoms with E-state index in [0.29, 0.717) is 90.9 Å². The minimum Gasteiger partial charge on any atom is -0.469 e. The number of aromatic nitrogens is 10. The molecule has 2 aliphatic carbocycles. The van der Waals surface area contributed by atoms with E-state index in [1.165, 1.54) is 18.9 Å². The number of nitrogens with two attached hydrogens (primary N) is 3. The number of rotatable bonds is 13. The monoisotopic (exact) mass is 1480 g/mol. The lowest BCUT2D eigenvalue weighted by Crippen LogP contribution is -2.42. The predicted octanol–water partition coefficient (Wildman–Crippen LogP) is 9.32. The molecule has 13 rings (SSSR count). The average Bonchev–Trinajstić information content (AvgIpc) is 1.62. The molecule has 7 fully saturated rings. The van der Waals surface area contributed by atoms with E-state index in [4.69, 9.17) is 85.7 Å². The molecule has 0 bridgehead atoms. The summed E-state index contributed by atoms with van der Waals surface area (Å²) in [6, 6.07) is 12.3. The van der Waals surface area contributed by atoms with E-state index < -0.39 is 5.60 Å². The minimum absolute atomic E-state index is 0. The second kappa shape index (κ2) is 46.6. The Balaban J connectivity index is 0.000000313. The molecule has 6 unspecified atom stereocenters. The molecule has 0 spiro atoms. The van der Waals surface area contributed by atoms with Gasteiger partial charge in [0.15, 0.2) is 17.4 Å². The number of H-pyrrole nitrogens is 2. The van der Waals surface area contributed by atoms with Crippen molar-refractivity contribution in [1.29, 1.82) is 5.26 Å². The molecule has 100 heavy (non-hydrogen) atoms. The van der Waals surface area contributed by atoms with Gasteiger partial charge in [0, 0.05) is 123 Å². The zero-order valence-corrected chi connectivity index (χ0v) is 59.9. The van der Waals surface area contributed by atoms with Gasteiger partial charge in [-0.25, -0.2) is 29.7 Å². The number of hydrogen-bond donors (Lipinski definition) is 9. The number of amidine groups is 1. The first-order valence-electron chi connectivity index (χ1n) is 32.5.